The van der Waals surface area contributed by atoms with Gasteiger partial charge in [-0.15, -0.1) is 11.3 Å². The third-order valence-electron chi connectivity index (χ3n) is 3.76. The second-order valence-corrected chi connectivity index (χ2v) is 5.99. The van der Waals surface area contributed by atoms with Crippen molar-refractivity contribution >= 4 is 11.3 Å². The monoisotopic (exact) mass is 262 g/mol. The molecule has 1 aliphatic heterocycles. The molecule has 2 aromatic heterocycles. The number of likely N-dealkylation sites (tertiary alicyclic amines) is 1. The van der Waals surface area contributed by atoms with E-state index in [1.165, 1.54) is 34.8 Å². The van der Waals surface area contributed by atoms with Gasteiger partial charge in [0.2, 0.25) is 0 Å². The van der Waals surface area contributed by atoms with Gasteiger partial charge < -0.3 is 0 Å². The van der Waals surface area contributed by atoms with Gasteiger partial charge in [0.05, 0.1) is 17.4 Å². The van der Waals surface area contributed by atoms with Gasteiger partial charge >= 0.3 is 0 Å². The summed E-state index contributed by atoms with van der Waals surface area (Å²) in [5.74, 6) is 0.612. The Balaban J connectivity index is 1.66. The summed E-state index contributed by atoms with van der Waals surface area (Å²) in [6.07, 6.45) is 3.15. The Kier molecular flexibility index (Phi) is 3.18. The summed E-state index contributed by atoms with van der Waals surface area (Å²) in [5.41, 5.74) is 5.73. The maximum Gasteiger partial charge on any atom is 0.0798 e. The molecule has 1 N–H and O–H groups in total. The highest BCUT2D eigenvalue weighted by Gasteiger charge is 2.26. The standard InChI is InChI=1S/C13H18N4S/c1-9-5-15-16-13(9)11-3-4-17(6-11)7-12-10(2)14-8-18-12/h5,8,11H,3-4,6-7H2,1-2H3,(H,15,16)/t11-/m0/s1. The van der Waals surface area contributed by atoms with E-state index < -0.39 is 0 Å². The van der Waals surface area contributed by atoms with Crippen LogP contribution in [0.15, 0.2) is 11.7 Å². The lowest BCUT2D eigenvalue weighted by Crippen LogP contribution is -2.19. The number of hydrogen-bond acceptors (Lipinski definition) is 4. The molecule has 5 heteroatoms. The highest BCUT2D eigenvalue weighted by molar-refractivity contribution is 7.09. The zero-order chi connectivity index (χ0) is 12.5. The van der Waals surface area contributed by atoms with E-state index in [2.05, 4.69) is 33.9 Å². The van der Waals surface area contributed by atoms with E-state index in [0.29, 0.717) is 5.92 Å². The van der Waals surface area contributed by atoms with Gasteiger partial charge in [-0.2, -0.15) is 5.10 Å². The van der Waals surface area contributed by atoms with Crippen LogP contribution in [0.3, 0.4) is 0 Å². The Labute approximate surface area is 111 Å². The first-order valence-corrected chi connectivity index (χ1v) is 7.23. The summed E-state index contributed by atoms with van der Waals surface area (Å²) in [4.78, 5) is 8.24. The van der Waals surface area contributed by atoms with Crippen LogP contribution in [0.2, 0.25) is 0 Å². The average Bonchev–Trinajstić information content (AvgIpc) is 3.03. The molecule has 0 aliphatic carbocycles. The quantitative estimate of drug-likeness (QED) is 0.924. The topological polar surface area (TPSA) is 44.8 Å². The molecule has 0 amide bonds. The van der Waals surface area contributed by atoms with Gasteiger partial charge in [0.25, 0.3) is 0 Å². The minimum absolute atomic E-state index is 0.612. The molecule has 0 aromatic carbocycles. The first-order chi connectivity index (χ1) is 8.74. The second kappa shape index (κ2) is 4.82. The molecule has 3 rings (SSSR count). The van der Waals surface area contributed by atoms with E-state index >= 15 is 0 Å². The average molecular weight is 262 g/mol. The molecule has 0 bridgehead atoms. The van der Waals surface area contributed by atoms with Crippen molar-refractivity contribution in [1.82, 2.24) is 20.1 Å². The molecular weight excluding hydrogens is 244 g/mol. The molecule has 0 spiro atoms. The Hall–Kier alpha value is -1.20. The van der Waals surface area contributed by atoms with Gasteiger partial charge in [-0.1, -0.05) is 0 Å². The predicted molar refractivity (Wildman–Crippen MR) is 72.8 cm³/mol. The van der Waals surface area contributed by atoms with Gasteiger partial charge in [-0.25, -0.2) is 4.98 Å². The van der Waals surface area contributed by atoms with Gasteiger partial charge in [-0.3, -0.25) is 10.00 Å². The number of thiazole rings is 1. The van der Waals surface area contributed by atoms with E-state index in [0.717, 1.165) is 13.1 Å². The van der Waals surface area contributed by atoms with Crippen molar-refractivity contribution in [1.29, 1.82) is 0 Å². The third-order valence-corrected chi connectivity index (χ3v) is 4.68. The molecule has 18 heavy (non-hydrogen) atoms. The lowest BCUT2D eigenvalue weighted by molar-refractivity contribution is 0.328. The number of rotatable bonds is 3. The van der Waals surface area contributed by atoms with Crippen LogP contribution in [0.25, 0.3) is 0 Å². The molecular formula is C13H18N4S. The molecule has 4 nitrogen and oxygen atoms in total. The fraction of sp³-hybridized carbons (Fsp3) is 0.538. The van der Waals surface area contributed by atoms with Crippen LogP contribution < -0.4 is 0 Å². The maximum absolute atomic E-state index is 4.32. The fourth-order valence-electron chi connectivity index (χ4n) is 2.66. The molecule has 1 aliphatic rings. The Bertz CT molecular complexity index is 531. The number of aryl methyl sites for hydroxylation is 2. The summed E-state index contributed by atoms with van der Waals surface area (Å²) in [6.45, 7) is 7.56. The maximum atomic E-state index is 4.32. The first kappa shape index (κ1) is 11.9. The summed E-state index contributed by atoms with van der Waals surface area (Å²) >= 11 is 1.77. The van der Waals surface area contributed by atoms with Crippen LogP contribution in [0.1, 0.15) is 34.2 Å². The van der Waals surface area contributed by atoms with Crippen LogP contribution in [0.5, 0.6) is 0 Å². The SMILES string of the molecule is Cc1cn[nH]c1[C@H]1CCN(Cc2scnc2C)C1. The van der Waals surface area contributed by atoms with Crippen LogP contribution in [0, 0.1) is 13.8 Å². The minimum atomic E-state index is 0.612. The van der Waals surface area contributed by atoms with E-state index in [1.807, 2.05) is 11.7 Å². The van der Waals surface area contributed by atoms with Crippen LogP contribution in [-0.4, -0.2) is 33.2 Å². The molecule has 1 atom stereocenters. The molecule has 1 saturated heterocycles. The summed E-state index contributed by atoms with van der Waals surface area (Å²) in [7, 11) is 0. The van der Waals surface area contributed by atoms with E-state index in [-0.39, 0.29) is 0 Å². The van der Waals surface area contributed by atoms with Crippen molar-refractivity contribution in [2.45, 2.75) is 32.7 Å². The van der Waals surface area contributed by atoms with E-state index in [4.69, 9.17) is 0 Å². The molecule has 0 radical (unpaired) electrons. The Morgan fingerprint density at radius 1 is 1.50 bits per heavy atom. The number of H-pyrrole nitrogens is 1. The summed E-state index contributed by atoms with van der Waals surface area (Å²) < 4.78 is 0. The van der Waals surface area contributed by atoms with Crippen molar-refractivity contribution in [2.24, 2.45) is 0 Å². The van der Waals surface area contributed by atoms with Crippen LogP contribution in [0.4, 0.5) is 0 Å². The predicted octanol–water partition coefficient (Wildman–Crippen LogP) is 2.47. The highest BCUT2D eigenvalue weighted by atomic mass is 32.1. The van der Waals surface area contributed by atoms with Crippen LogP contribution >= 0.6 is 11.3 Å². The molecule has 0 saturated carbocycles. The highest BCUT2D eigenvalue weighted by Crippen LogP contribution is 2.29. The lowest BCUT2D eigenvalue weighted by atomic mass is 10.0. The molecule has 96 valence electrons. The normalized spacial score (nSPS) is 20.7. The van der Waals surface area contributed by atoms with Crippen molar-refractivity contribution in [2.75, 3.05) is 13.1 Å². The molecule has 3 heterocycles. The second-order valence-electron chi connectivity index (χ2n) is 5.05. The van der Waals surface area contributed by atoms with Crippen molar-refractivity contribution in [3.8, 4) is 0 Å². The number of nitrogens with one attached hydrogen (secondary N) is 1. The minimum Gasteiger partial charge on any atom is -0.298 e. The first-order valence-electron chi connectivity index (χ1n) is 6.35. The Morgan fingerprint density at radius 2 is 2.39 bits per heavy atom. The van der Waals surface area contributed by atoms with Gasteiger partial charge in [0, 0.05) is 29.6 Å². The zero-order valence-electron chi connectivity index (χ0n) is 10.8. The van der Waals surface area contributed by atoms with Crippen molar-refractivity contribution < 1.29 is 0 Å². The summed E-state index contributed by atoms with van der Waals surface area (Å²) in [5, 5.41) is 7.28. The largest absolute Gasteiger partial charge is 0.298 e. The van der Waals surface area contributed by atoms with Crippen LogP contribution in [-0.2, 0) is 6.54 Å². The lowest BCUT2D eigenvalue weighted by Gasteiger charge is -2.15. The fourth-order valence-corrected chi connectivity index (χ4v) is 3.48. The number of aromatic amines is 1. The number of nitrogens with zero attached hydrogens (tertiary/aromatic N) is 3. The van der Waals surface area contributed by atoms with Gasteiger partial charge in [-0.05, 0) is 32.4 Å². The van der Waals surface area contributed by atoms with E-state index in [1.54, 1.807) is 11.3 Å². The van der Waals surface area contributed by atoms with E-state index in [9.17, 15) is 0 Å². The van der Waals surface area contributed by atoms with Crippen molar-refractivity contribution in [3.63, 3.8) is 0 Å². The number of hydrogen-bond donors (Lipinski definition) is 1. The zero-order valence-corrected chi connectivity index (χ0v) is 11.6. The molecule has 1 fully saturated rings. The molecule has 2 aromatic rings. The van der Waals surface area contributed by atoms with Gasteiger partial charge in [0.1, 0.15) is 0 Å². The Morgan fingerprint density at radius 3 is 3.06 bits per heavy atom. The van der Waals surface area contributed by atoms with Crippen molar-refractivity contribution in [3.05, 3.63) is 33.5 Å². The third kappa shape index (κ3) is 2.20. The smallest absolute Gasteiger partial charge is 0.0798 e. The summed E-state index contributed by atoms with van der Waals surface area (Å²) in [6, 6.07) is 0. The number of aromatic nitrogens is 3. The molecule has 0 unspecified atom stereocenters. The van der Waals surface area contributed by atoms with Gasteiger partial charge in [0.15, 0.2) is 0 Å².